The molecular formula is C12H20FO6-. The maximum absolute atomic E-state index is 14.1. The zero-order valence-corrected chi connectivity index (χ0v) is 11.1. The Morgan fingerprint density at radius 2 is 1.95 bits per heavy atom. The molecule has 0 amide bonds. The summed E-state index contributed by atoms with van der Waals surface area (Å²) < 4.78 is 19.3. The van der Waals surface area contributed by atoms with E-state index in [0.717, 1.165) is 6.92 Å². The largest absolute Gasteiger partial charge is 0.547 e. The lowest BCUT2D eigenvalue weighted by molar-refractivity contribution is -0.345. The van der Waals surface area contributed by atoms with Gasteiger partial charge in [-0.25, -0.2) is 4.39 Å². The van der Waals surface area contributed by atoms with Crippen molar-refractivity contribution in [3.05, 3.63) is 0 Å². The first-order chi connectivity index (χ1) is 8.66. The number of rotatable bonds is 4. The van der Waals surface area contributed by atoms with Gasteiger partial charge >= 0.3 is 0 Å². The highest BCUT2D eigenvalue weighted by Gasteiger charge is 2.52. The first-order valence-corrected chi connectivity index (χ1v) is 6.17. The molecule has 5 unspecified atom stereocenters. The number of carboxylic acid groups (broad SMARTS) is 1. The minimum Gasteiger partial charge on any atom is -0.547 e. The van der Waals surface area contributed by atoms with Crippen LogP contribution >= 0.6 is 0 Å². The van der Waals surface area contributed by atoms with Crippen LogP contribution in [0.2, 0.25) is 0 Å². The molecule has 7 heteroatoms. The quantitative estimate of drug-likeness (QED) is 0.561. The fourth-order valence-corrected chi connectivity index (χ4v) is 2.39. The molecule has 1 heterocycles. The van der Waals surface area contributed by atoms with Crippen molar-refractivity contribution in [2.75, 3.05) is 6.61 Å². The first kappa shape index (κ1) is 16.3. The van der Waals surface area contributed by atoms with Gasteiger partial charge in [0, 0.05) is 0 Å². The van der Waals surface area contributed by atoms with Crippen molar-refractivity contribution in [1.82, 2.24) is 0 Å². The summed E-state index contributed by atoms with van der Waals surface area (Å²) in [4.78, 5) is 11.1. The van der Waals surface area contributed by atoms with Gasteiger partial charge in [-0.3, -0.25) is 0 Å². The van der Waals surface area contributed by atoms with E-state index in [1.807, 2.05) is 0 Å². The molecule has 0 aliphatic carbocycles. The second-order valence-electron chi connectivity index (χ2n) is 5.34. The lowest BCUT2D eigenvalue weighted by Gasteiger charge is -2.49. The highest BCUT2D eigenvalue weighted by Crippen LogP contribution is 2.40. The summed E-state index contributed by atoms with van der Waals surface area (Å²) in [6, 6.07) is 0. The Bertz CT molecular complexity index is 334. The summed E-state index contributed by atoms with van der Waals surface area (Å²) in [5, 5.41) is 39.2. The molecule has 6 nitrogen and oxygen atoms in total. The summed E-state index contributed by atoms with van der Waals surface area (Å²) in [5.74, 6) is -2.95. The van der Waals surface area contributed by atoms with Crippen LogP contribution in [-0.4, -0.2) is 58.0 Å². The zero-order valence-electron chi connectivity index (χ0n) is 11.1. The molecule has 7 atom stereocenters. The van der Waals surface area contributed by atoms with Crippen molar-refractivity contribution in [3.63, 3.8) is 0 Å². The monoisotopic (exact) mass is 279 g/mol. The number of ether oxygens (including phenoxy) is 1. The Morgan fingerprint density at radius 1 is 1.42 bits per heavy atom. The third-order valence-corrected chi connectivity index (χ3v) is 4.04. The molecule has 1 saturated heterocycles. The van der Waals surface area contributed by atoms with Crippen molar-refractivity contribution < 1.29 is 34.3 Å². The number of carboxylic acids is 1. The van der Waals surface area contributed by atoms with Crippen molar-refractivity contribution in [2.24, 2.45) is 11.8 Å². The first-order valence-electron chi connectivity index (χ1n) is 6.17. The number of alkyl halides is 1. The molecule has 1 fully saturated rings. The maximum atomic E-state index is 14.1. The van der Waals surface area contributed by atoms with E-state index in [2.05, 4.69) is 0 Å². The number of aliphatic hydroxyl groups excluding tert-OH is 3. The van der Waals surface area contributed by atoms with Gasteiger partial charge in [0.05, 0.1) is 18.7 Å². The highest BCUT2D eigenvalue weighted by molar-refractivity contribution is 5.76. The number of halogens is 1. The van der Waals surface area contributed by atoms with Gasteiger partial charge in [0.15, 0.2) is 0 Å². The number of hydrogen-bond acceptors (Lipinski definition) is 6. The molecule has 0 aromatic rings. The van der Waals surface area contributed by atoms with Crippen LogP contribution in [-0.2, 0) is 9.53 Å². The van der Waals surface area contributed by atoms with E-state index < -0.39 is 54.5 Å². The molecule has 3 N–H and O–H groups in total. The van der Waals surface area contributed by atoms with Crippen molar-refractivity contribution in [3.8, 4) is 0 Å². The molecule has 0 aromatic carbocycles. The highest BCUT2D eigenvalue weighted by atomic mass is 19.1. The Hall–Kier alpha value is -0.760. The number of carbonyl (C=O) groups excluding carboxylic acids is 1. The Labute approximate surface area is 110 Å². The van der Waals surface area contributed by atoms with E-state index in [4.69, 9.17) is 9.84 Å². The Morgan fingerprint density at radius 3 is 2.37 bits per heavy atom. The predicted octanol–water partition coefficient (Wildman–Crippen LogP) is -1.78. The average molecular weight is 279 g/mol. The predicted molar refractivity (Wildman–Crippen MR) is 60.6 cm³/mol. The third-order valence-electron chi connectivity index (χ3n) is 4.04. The molecule has 0 bridgehead atoms. The number of aliphatic carboxylic acids is 1. The van der Waals surface area contributed by atoms with Crippen molar-refractivity contribution in [1.29, 1.82) is 0 Å². The van der Waals surface area contributed by atoms with Crippen molar-refractivity contribution in [2.45, 2.75) is 50.9 Å². The van der Waals surface area contributed by atoms with Crippen LogP contribution < -0.4 is 5.11 Å². The molecule has 0 radical (unpaired) electrons. The lowest BCUT2D eigenvalue weighted by atomic mass is 9.75. The van der Waals surface area contributed by atoms with Crippen LogP contribution in [0.1, 0.15) is 20.8 Å². The third kappa shape index (κ3) is 2.74. The maximum Gasteiger partial charge on any atom is 0.137 e. The topological polar surface area (TPSA) is 110 Å². The van der Waals surface area contributed by atoms with E-state index >= 15 is 0 Å². The van der Waals surface area contributed by atoms with Crippen molar-refractivity contribution >= 4 is 5.97 Å². The summed E-state index contributed by atoms with van der Waals surface area (Å²) in [6.07, 6.45) is -5.88. The van der Waals surface area contributed by atoms with Crippen LogP contribution in [0, 0.1) is 11.8 Å². The number of hydrogen-bond donors (Lipinski definition) is 3. The van der Waals surface area contributed by atoms with Gasteiger partial charge in [-0.05, 0) is 18.8 Å². The standard InChI is InChI=1S/C12H21FO6/c1-5-6(2)10(13)12(3,11(17)18)19-9(5)8(16)7(15)4-14/h5-10,14-16H,4H2,1-3H3,(H,17,18)/p-1/t5?,6?,7-,8-,9?,10?,12?/m1/s1. The van der Waals surface area contributed by atoms with Gasteiger partial charge in [-0.2, -0.15) is 0 Å². The second kappa shape index (κ2) is 5.70. The van der Waals surface area contributed by atoms with Crippen LogP contribution in [0.15, 0.2) is 0 Å². The smallest absolute Gasteiger partial charge is 0.137 e. The minimum atomic E-state index is -2.19. The van der Waals surface area contributed by atoms with E-state index in [0.29, 0.717) is 0 Å². The van der Waals surface area contributed by atoms with Gasteiger partial charge in [0.1, 0.15) is 24.0 Å². The van der Waals surface area contributed by atoms with Gasteiger partial charge in [-0.1, -0.05) is 13.8 Å². The normalized spacial score (nSPS) is 42.7. The lowest BCUT2D eigenvalue weighted by Crippen LogP contribution is -2.65. The Kier molecular flexibility index (Phi) is 4.89. The molecular weight excluding hydrogens is 259 g/mol. The summed E-state index contributed by atoms with van der Waals surface area (Å²) in [5.41, 5.74) is -2.19. The molecule has 112 valence electrons. The summed E-state index contributed by atoms with van der Waals surface area (Å²) in [7, 11) is 0. The van der Waals surface area contributed by atoms with E-state index in [-0.39, 0.29) is 0 Å². The molecule has 1 aliphatic heterocycles. The van der Waals surface area contributed by atoms with Gasteiger partial charge in [0.25, 0.3) is 0 Å². The van der Waals surface area contributed by atoms with Gasteiger partial charge in [0.2, 0.25) is 0 Å². The van der Waals surface area contributed by atoms with Crippen LogP contribution in [0.3, 0.4) is 0 Å². The van der Waals surface area contributed by atoms with Crippen LogP contribution in [0.5, 0.6) is 0 Å². The van der Waals surface area contributed by atoms with Crippen LogP contribution in [0.25, 0.3) is 0 Å². The molecule has 0 aromatic heterocycles. The van der Waals surface area contributed by atoms with E-state index in [1.54, 1.807) is 6.92 Å². The molecule has 1 rings (SSSR count). The second-order valence-corrected chi connectivity index (χ2v) is 5.34. The Balaban J connectivity index is 3.04. The summed E-state index contributed by atoms with van der Waals surface area (Å²) >= 11 is 0. The number of carbonyl (C=O) groups is 1. The van der Waals surface area contributed by atoms with Gasteiger partial charge in [-0.15, -0.1) is 0 Å². The number of aliphatic hydroxyl groups is 3. The molecule has 19 heavy (non-hydrogen) atoms. The van der Waals surface area contributed by atoms with Crippen LogP contribution in [0.4, 0.5) is 4.39 Å². The fourth-order valence-electron chi connectivity index (χ4n) is 2.39. The molecule has 0 saturated carbocycles. The molecule has 0 spiro atoms. The summed E-state index contributed by atoms with van der Waals surface area (Å²) in [6.45, 7) is 3.43. The average Bonchev–Trinajstić information content (AvgIpc) is 2.38. The molecule has 1 aliphatic rings. The zero-order chi connectivity index (χ0) is 15.0. The van der Waals surface area contributed by atoms with Gasteiger partial charge < -0.3 is 30.0 Å². The van der Waals surface area contributed by atoms with E-state index in [1.165, 1.54) is 6.92 Å². The fraction of sp³-hybridized carbons (Fsp3) is 0.917. The SMILES string of the molecule is CC1C(C)C(F)C(C)(C(=O)[O-])OC1[C@H](O)[C@H](O)CO. The minimum absolute atomic E-state index is 0.529. The van der Waals surface area contributed by atoms with E-state index in [9.17, 15) is 24.5 Å².